The van der Waals surface area contributed by atoms with Crippen molar-refractivity contribution < 1.29 is 0 Å². The fourth-order valence-corrected chi connectivity index (χ4v) is 2.92. The van der Waals surface area contributed by atoms with Gasteiger partial charge in [0.1, 0.15) is 0 Å². The van der Waals surface area contributed by atoms with Gasteiger partial charge in [0.05, 0.1) is 0 Å². The van der Waals surface area contributed by atoms with Crippen LogP contribution in [0.5, 0.6) is 0 Å². The molecule has 0 aromatic heterocycles. The van der Waals surface area contributed by atoms with E-state index in [1.807, 2.05) is 0 Å². The summed E-state index contributed by atoms with van der Waals surface area (Å²) < 4.78 is 0. The summed E-state index contributed by atoms with van der Waals surface area (Å²) in [6.07, 6.45) is 5.52. The molecule has 1 saturated heterocycles. The number of rotatable bonds is 3. The van der Waals surface area contributed by atoms with Crippen LogP contribution in [-0.4, -0.2) is 35.6 Å². The van der Waals surface area contributed by atoms with Crippen LogP contribution in [0, 0.1) is 0 Å². The van der Waals surface area contributed by atoms with Crippen LogP contribution in [-0.2, 0) is 0 Å². The highest BCUT2D eigenvalue weighted by atomic mass is 15.3. The third kappa shape index (κ3) is 1.96. The molecule has 0 amide bonds. The lowest BCUT2D eigenvalue weighted by atomic mass is 9.96. The van der Waals surface area contributed by atoms with Crippen LogP contribution in [0.1, 0.15) is 46.5 Å². The van der Waals surface area contributed by atoms with E-state index < -0.39 is 0 Å². The zero-order valence-corrected chi connectivity index (χ0v) is 9.84. The van der Waals surface area contributed by atoms with E-state index in [-0.39, 0.29) is 0 Å². The first-order valence-electron chi connectivity index (χ1n) is 6.16. The monoisotopic (exact) mass is 196 g/mol. The Kier molecular flexibility index (Phi) is 2.85. The second kappa shape index (κ2) is 3.82. The minimum atomic E-state index is 0.580. The van der Waals surface area contributed by atoms with Gasteiger partial charge in [-0.05, 0) is 46.1 Å². The molecule has 2 heteroatoms. The van der Waals surface area contributed by atoms with Crippen LogP contribution in [0.2, 0.25) is 0 Å². The van der Waals surface area contributed by atoms with Crippen LogP contribution in [0.15, 0.2) is 0 Å². The van der Waals surface area contributed by atoms with Gasteiger partial charge in [-0.15, -0.1) is 0 Å². The molecule has 14 heavy (non-hydrogen) atoms. The van der Waals surface area contributed by atoms with E-state index in [1.165, 1.54) is 32.2 Å². The topological polar surface area (TPSA) is 15.3 Å². The van der Waals surface area contributed by atoms with Crippen LogP contribution in [0.25, 0.3) is 0 Å². The van der Waals surface area contributed by atoms with Gasteiger partial charge in [0, 0.05) is 24.2 Å². The average Bonchev–Trinajstić information content (AvgIpc) is 2.85. The van der Waals surface area contributed by atoms with Crippen LogP contribution in [0.4, 0.5) is 0 Å². The predicted molar refractivity (Wildman–Crippen MR) is 60.5 cm³/mol. The maximum absolute atomic E-state index is 3.58. The molecule has 0 spiro atoms. The molecule has 1 saturated carbocycles. The maximum Gasteiger partial charge on any atom is 0.0185 e. The Morgan fingerprint density at radius 1 is 1.43 bits per heavy atom. The number of piperidine rings is 1. The van der Waals surface area contributed by atoms with Crippen molar-refractivity contribution in [1.82, 2.24) is 10.2 Å². The smallest absolute Gasteiger partial charge is 0.0185 e. The summed E-state index contributed by atoms with van der Waals surface area (Å²) in [6, 6.07) is 1.55. The average molecular weight is 196 g/mol. The van der Waals surface area contributed by atoms with Crippen molar-refractivity contribution in [3.8, 4) is 0 Å². The lowest BCUT2D eigenvalue weighted by molar-refractivity contribution is 0.0834. The largest absolute Gasteiger partial charge is 0.314 e. The number of hydrogen-bond donors (Lipinski definition) is 1. The molecule has 0 bridgehead atoms. The van der Waals surface area contributed by atoms with E-state index in [0.717, 1.165) is 18.6 Å². The second-order valence-electron chi connectivity index (χ2n) is 5.32. The van der Waals surface area contributed by atoms with E-state index in [2.05, 4.69) is 31.0 Å². The summed E-state index contributed by atoms with van der Waals surface area (Å²) in [5, 5.41) is 3.58. The van der Waals surface area contributed by atoms with Crippen molar-refractivity contribution in [2.45, 2.75) is 64.1 Å². The number of nitrogens with zero attached hydrogens (tertiary/aromatic N) is 1. The third-order valence-corrected chi connectivity index (χ3v) is 4.04. The number of likely N-dealkylation sites (tertiary alicyclic amines) is 1. The Labute approximate surface area is 88.1 Å². The van der Waals surface area contributed by atoms with Gasteiger partial charge >= 0.3 is 0 Å². The Morgan fingerprint density at radius 3 is 2.64 bits per heavy atom. The molecule has 2 atom stereocenters. The fraction of sp³-hybridized carbons (Fsp3) is 1.00. The highest BCUT2D eigenvalue weighted by Gasteiger charge is 2.46. The van der Waals surface area contributed by atoms with Crippen molar-refractivity contribution in [3.05, 3.63) is 0 Å². The second-order valence-corrected chi connectivity index (χ2v) is 5.32. The standard InChI is InChI=1S/C12H24N2/c1-4-13-11-5-8-14(10(2)9-11)12(3)6-7-12/h10-11,13H,4-9H2,1-3H3. The summed E-state index contributed by atoms with van der Waals surface area (Å²) in [5.74, 6) is 0. The van der Waals surface area contributed by atoms with Gasteiger partial charge in [0.2, 0.25) is 0 Å². The highest BCUT2D eigenvalue weighted by Crippen LogP contribution is 2.44. The molecule has 0 radical (unpaired) electrons. The van der Waals surface area contributed by atoms with Gasteiger partial charge in [0.25, 0.3) is 0 Å². The molecule has 0 aromatic rings. The Bertz CT molecular complexity index is 198. The van der Waals surface area contributed by atoms with Gasteiger partial charge in [-0.3, -0.25) is 4.90 Å². The molecule has 1 aliphatic heterocycles. The van der Waals surface area contributed by atoms with Gasteiger partial charge in [-0.1, -0.05) is 6.92 Å². The summed E-state index contributed by atoms with van der Waals surface area (Å²) in [4.78, 5) is 2.74. The third-order valence-electron chi connectivity index (χ3n) is 4.04. The Hall–Kier alpha value is -0.0800. The van der Waals surface area contributed by atoms with Gasteiger partial charge in [-0.2, -0.15) is 0 Å². The number of hydrogen-bond acceptors (Lipinski definition) is 2. The fourth-order valence-electron chi connectivity index (χ4n) is 2.92. The molecule has 2 aliphatic rings. The van der Waals surface area contributed by atoms with Crippen molar-refractivity contribution in [2.24, 2.45) is 0 Å². The minimum Gasteiger partial charge on any atom is -0.314 e. The molecule has 2 fully saturated rings. The molecule has 2 nitrogen and oxygen atoms in total. The zero-order valence-electron chi connectivity index (χ0n) is 9.84. The number of nitrogens with one attached hydrogen (secondary N) is 1. The van der Waals surface area contributed by atoms with Crippen LogP contribution >= 0.6 is 0 Å². The van der Waals surface area contributed by atoms with E-state index in [4.69, 9.17) is 0 Å². The molecular formula is C12H24N2. The lowest BCUT2D eigenvalue weighted by Gasteiger charge is -2.42. The minimum absolute atomic E-state index is 0.580. The summed E-state index contributed by atoms with van der Waals surface area (Å²) in [6.45, 7) is 9.45. The van der Waals surface area contributed by atoms with Crippen LogP contribution in [0.3, 0.4) is 0 Å². The SMILES string of the molecule is CCNC1CCN(C2(C)CC2)C(C)C1. The molecule has 0 aromatic carbocycles. The van der Waals surface area contributed by atoms with E-state index in [1.54, 1.807) is 0 Å². The van der Waals surface area contributed by atoms with Crippen molar-refractivity contribution >= 4 is 0 Å². The lowest BCUT2D eigenvalue weighted by Crippen LogP contribution is -2.51. The molecule has 1 N–H and O–H groups in total. The summed E-state index contributed by atoms with van der Waals surface area (Å²) in [7, 11) is 0. The van der Waals surface area contributed by atoms with Crippen LogP contribution < -0.4 is 5.32 Å². The van der Waals surface area contributed by atoms with E-state index >= 15 is 0 Å². The molecule has 82 valence electrons. The molecule has 1 aliphatic carbocycles. The normalized spacial score (nSPS) is 37.1. The Balaban J connectivity index is 1.87. The van der Waals surface area contributed by atoms with E-state index in [0.29, 0.717) is 5.54 Å². The molecule has 1 heterocycles. The molecular weight excluding hydrogens is 172 g/mol. The zero-order chi connectivity index (χ0) is 10.2. The van der Waals surface area contributed by atoms with Gasteiger partial charge < -0.3 is 5.32 Å². The summed E-state index contributed by atoms with van der Waals surface area (Å²) in [5.41, 5.74) is 0.580. The maximum atomic E-state index is 3.58. The molecule has 2 rings (SSSR count). The van der Waals surface area contributed by atoms with Crippen molar-refractivity contribution in [3.63, 3.8) is 0 Å². The van der Waals surface area contributed by atoms with Crippen molar-refractivity contribution in [2.75, 3.05) is 13.1 Å². The highest BCUT2D eigenvalue weighted by molar-refractivity contribution is 5.03. The van der Waals surface area contributed by atoms with E-state index in [9.17, 15) is 0 Å². The Morgan fingerprint density at radius 2 is 2.14 bits per heavy atom. The first-order chi connectivity index (χ1) is 6.65. The quantitative estimate of drug-likeness (QED) is 0.743. The predicted octanol–water partition coefficient (Wildman–Crippen LogP) is 2.00. The van der Waals surface area contributed by atoms with Gasteiger partial charge in [-0.25, -0.2) is 0 Å². The van der Waals surface area contributed by atoms with Crippen molar-refractivity contribution in [1.29, 1.82) is 0 Å². The first-order valence-corrected chi connectivity index (χ1v) is 6.16. The summed E-state index contributed by atoms with van der Waals surface area (Å²) >= 11 is 0. The molecule has 2 unspecified atom stereocenters. The first kappa shape index (κ1) is 10.4. The van der Waals surface area contributed by atoms with Gasteiger partial charge in [0.15, 0.2) is 0 Å².